The summed E-state index contributed by atoms with van der Waals surface area (Å²) in [6, 6.07) is 8.33. The molecule has 0 radical (unpaired) electrons. The lowest BCUT2D eigenvalue weighted by Crippen LogP contribution is -2.16. The van der Waals surface area contributed by atoms with Crippen molar-refractivity contribution in [3.05, 3.63) is 40.5 Å². The van der Waals surface area contributed by atoms with Crippen molar-refractivity contribution in [3.63, 3.8) is 0 Å². The zero-order chi connectivity index (χ0) is 11.0. The number of hydrogen-bond acceptors (Lipinski definition) is 2. The van der Waals surface area contributed by atoms with E-state index in [0.29, 0.717) is 5.15 Å². The van der Waals surface area contributed by atoms with E-state index >= 15 is 0 Å². The van der Waals surface area contributed by atoms with Crippen LogP contribution in [0.2, 0.25) is 5.15 Å². The zero-order valence-corrected chi connectivity index (χ0v) is 9.72. The Morgan fingerprint density at radius 2 is 1.81 bits per heavy atom. The smallest absolute Gasteiger partial charge is 0.129 e. The Kier molecular flexibility index (Phi) is 2.54. The highest BCUT2D eigenvalue weighted by molar-refractivity contribution is 6.29. The average molecular weight is 233 g/mol. The van der Waals surface area contributed by atoms with Crippen molar-refractivity contribution >= 4 is 22.5 Å². The molecule has 0 saturated heterocycles. The second-order valence-corrected chi connectivity index (χ2v) is 4.58. The van der Waals surface area contributed by atoms with Crippen LogP contribution in [0, 0.1) is 0 Å². The first kappa shape index (κ1) is 10.1. The number of pyridine rings is 1. The fourth-order valence-electron chi connectivity index (χ4n) is 2.27. The van der Waals surface area contributed by atoms with E-state index in [1.165, 1.54) is 16.5 Å². The topological polar surface area (TPSA) is 24.9 Å². The van der Waals surface area contributed by atoms with Crippen LogP contribution < -0.4 is 5.32 Å². The summed E-state index contributed by atoms with van der Waals surface area (Å²) in [6.07, 6.45) is 2.19. The predicted molar refractivity (Wildman–Crippen MR) is 67.0 cm³/mol. The molecule has 0 saturated carbocycles. The summed E-state index contributed by atoms with van der Waals surface area (Å²) in [6.45, 7) is 2.12. The van der Waals surface area contributed by atoms with Crippen molar-refractivity contribution in [1.29, 1.82) is 0 Å². The highest BCUT2D eigenvalue weighted by Gasteiger charge is 2.09. The third-order valence-electron chi connectivity index (χ3n) is 3.12. The van der Waals surface area contributed by atoms with Crippen LogP contribution in [0.25, 0.3) is 10.9 Å². The predicted octanol–water partition coefficient (Wildman–Crippen LogP) is 2.58. The van der Waals surface area contributed by atoms with Gasteiger partial charge in [-0.1, -0.05) is 11.6 Å². The molecule has 1 aromatic carbocycles. The molecule has 0 fully saturated rings. The Morgan fingerprint density at radius 1 is 1.06 bits per heavy atom. The maximum absolute atomic E-state index is 5.91. The van der Waals surface area contributed by atoms with Crippen LogP contribution >= 0.6 is 11.6 Å². The van der Waals surface area contributed by atoms with Crippen LogP contribution in [0.5, 0.6) is 0 Å². The third-order valence-corrected chi connectivity index (χ3v) is 3.33. The van der Waals surface area contributed by atoms with E-state index in [4.69, 9.17) is 11.6 Å². The average Bonchev–Trinajstić information content (AvgIpc) is 2.50. The van der Waals surface area contributed by atoms with E-state index < -0.39 is 0 Å². The van der Waals surface area contributed by atoms with Crippen molar-refractivity contribution < 1.29 is 0 Å². The van der Waals surface area contributed by atoms with Crippen molar-refractivity contribution in [1.82, 2.24) is 10.3 Å². The fourth-order valence-corrected chi connectivity index (χ4v) is 2.43. The summed E-state index contributed by atoms with van der Waals surface area (Å²) < 4.78 is 0. The van der Waals surface area contributed by atoms with Crippen LogP contribution in [-0.4, -0.2) is 18.1 Å². The van der Waals surface area contributed by atoms with Gasteiger partial charge in [-0.3, -0.25) is 0 Å². The van der Waals surface area contributed by atoms with E-state index in [1.807, 2.05) is 12.1 Å². The van der Waals surface area contributed by atoms with E-state index in [9.17, 15) is 0 Å². The normalized spacial score (nSPS) is 15.8. The molecule has 1 N–H and O–H groups in total. The molecule has 2 aromatic rings. The van der Waals surface area contributed by atoms with Crippen LogP contribution in [0.4, 0.5) is 0 Å². The van der Waals surface area contributed by atoms with Crippen molar-refractivity contribution in [2.24, 2.45) is 0 Å². The van der Waals surface area contributed by atoms with E-state index in [0.717, 1.165) is 31.4 Å². The monoisotopic (exact) mass is 232 g/mol. The lowest BCUT2D eigenvalue weighted by Gasteiger charge is -2.07. The van der Waals surface area contributed by atoms with E-state index in [-0.39, 0.29) is 0 Å². The Hall–Kier alpha value is -1.12. The van der Waals surface area contributed by atoms with Gasteiger partial charge < -0.3 is 5.32 Å². The highest BCUT2D eigenvalue weighted by Crippen LogP contribution is 2.22. The Morgan fingerprint density at radius 3 is 2.62 bits per heavy atom. The van der Waals surface area contributed by atoms with Crippen molar-refractivity contribution in [3.8, 4) is 0 Å². The number of hydrogen-bond donors (Lipinski definition) is 1. The number of nitrogens with one attached hydrogen (secondary N) is 1. The summed E-state index contributed by atoms with van der Waals surface area (Å²) >= 11 is 5.91. The van der Waals surface area contributed by atoms with E-state index in [1.54, 1.807) is 0 Å². The minimum Gasteiger partial charge on any atom is -0.316 e. The molecule has 1 aliphatic rings. The number of halogens is 1. The Labute approximate surface area is 99.6 Å². The van der Waals surface area contributed by atoms with Crippen LogP contribution in [0.1, 0.15) is 11.1 Å². The molecule has 2 nitrogen and oxygen atoms in total. The largest absolute Gasteiger partial charge is 0.316 e. The van der Waals surface area contributed by atoms with Gasteiger partial charge >= 0.3 is 0 Å². The van der Waals surface area contributed by atoms with Gasteiger partial charge in [0.15, 0.2) is 0 Å². The molecule has 2 heterocycles. The lowest BCUT2D eigenvalue weighted by atomic mass is 10.0. The number of fused-ring (bicyclic) bond motifs is 2. The Balaban J connectivity index is 2.20. The molecule has 3 rings (SSSR count). The maximum atomic E-state index is 5.91. The van der Waals surface area contributed by atoms with E-state index in [2.05, 4.69) is 22.4 Å². The molecular formula is C13H13ClN2. The van der Waals surface area contributed by atoms with Gasteiger partial charge in [0.25, 0.3) is 0 Å². The molecule has 16 heavy (non-hydrogen) atoms. The first-order chi connectivity index (χ1) is 7.83. The highest BCUT2D eigenvalue weighted by atomic mass is 35.5. The van der Waals surface area contributed by atoms with Gasteiger partial charge in [0, 0.05) is 5.39 Å². The molecule has 0 amide bonds. The summed E-state index contributed by atoms with van der Waals surface area (Å²) in [5, 5.41) is 5.17. The first-order valence-electron chi connectivity index (χ1n) is 5.62. The molecule has 3 heteroatoms. The number of nitrogens with zero attached hydrogens (tertiary/aromatic N) is 1. The standard InChI is InChI=1S/C13H13ClN2/c14-13-2-1-11-7-9-3-5-15-6-4-10(9)8-12(11)16-13/h1-2,7-8,15H,3-6H2. The quantitative estimate of drug-likeness (QED) is 0.707. The number of aromatic nitrogens is 1. The molecule has 1 aliphatic heterocycles. The molecule has 0 bridgehead atoms. The molecule has 0 aliphatic carbocycles. The summed E-state index contributed by atoms with van der Waals surface area (Å²) in [5.74, 6) is 0. The minimum absolute atomic E-state index is 0.569. The van der Waals surface area contributed by atoms with Gasteiger partial charge in [-0.15, -0.1) is 0 Å². The zero-order valence-electron chi connectivity index (χ0n) is 8.96. The van der Waals surface area contributed by atoms with Gasteiger partial charge in [-0.2, -0.15) is 0 Å². The number of rotatable bonds is 0. The summed E-state index contributed by atoms with van der Waals surface area (Å²) in [5.41, 5.74) is 3.86. The molecule has 1 aromatic heterocycles. The lowest BCUT2D eigenvalue weighted by molar-refractivity contribution is 0.711. The van der Waals surface area contributed by atoms with Gasteiger partial charge in [-0.25, -0.2) is 4.98 Å². The van der Waals surface area contributed by atoms with Gasteiger partial charge in [-0.05, 0) is 61.3 Å². The first-order valence-corrected chi connectivity index (χ1v) is 5.99. The van der Waals surface area contributed by atoms with Crippen LogP contribution in [-0.2, 0) is 12.8 Å². The summed E-state index contributed by atoms with van der Waals surface area (Å²) in [7, 11) is 0. The number of benzene rings is 1. The maximum Gasteiger partial charge on any atom is 0.129 e. The van der Waals surface area contributed by atoms with Gasteiger partial charge in [0.1, 0.15) is 5.15 Å². The second-order valence-electron chi connectivity index (χ2n) is 4.20. The fraction of sp³-hybridized carbons (Fsp3) is 0.308. The molecule has 0 unspecified atom stereocenters. The second kappa shape index (κ2) is 4.04. The minimum atomic E-state index is 0.569. The van der Waals surface area contributed by atoms with Crippen LogP contribution in [0.15, 0.2) is 24.3 Å². The molecule has 82 valence electrons. The van der Waals surface area contributed by atoms with Crippen molar-refractivity contribution in [2.75, 3.05) is 13.1 Å². The Bertz CT molecular complexity index is 537. The van der Waals surface area contributed by atoms with Crippen molar-refractivity contribution in [2.45, 2.75) is 12.8 Å². The third kappa shape index (κ3) is 1.79. The SMILES string of the molecule is Clc1ccc2cc3c(cc2n1)CCNCC3. The van der Waals surface area contributed by atoms with Crippen LogP contribution in [0.3, 0.4) is 0 Å². The van der Waals surface area contributed by atoms with Gasteiger partial charge in [0.2, 0.25) is 0 Å². The van der Waals surface area contributed by atoms with Gasteiger partial charge in [0.05, 0.1) is 5.52 Å². The molecule has 0 spiro atoms. The molecular weight excluding hydrogens is 220 g/mol. The molecule has 0 atom stereocenters. The summed E-state index contributed by atoms with van der Waals surface area (Å²) in [4.78, 5) is 4.36.